The highest BCUT2D eigenvalue weighted by atomic mass is 35.5. The van der Waals surface area contributed by atoms with Gasteiger partial charge in [-0.1, -0.05) is 99.5 Å². The lowest BCUT2D eigenvalue weighted by Gasteiger charge is -2.11. The van der Waals surface area contributed by atoms with Gasteiger partial charge in [-0.05, 0) is 61.7 Å². The summed E-state index contributed by atoms with van der Waals surface area (Å²) in [6, 6.07) is 22.5. The van der Waals surface area contributed by atoms with E-state index in [1.54, 1.807) is 0 Å². The summed E-state index contributed by atoms with van der Waals surface area (Å²) in [7, 11) is 0. The average molecular weight is 420 g/mol. The van der Waals surface area contributed by atoms with E-state index in [4.69, 9.17) is 16.6 Å². The fourth-order valence-electron chi connectivity index (χ4n) is 2.86. The first-order chi connectivity index (χ1) is 14.6. The van der Waals surface area contributed by atoms with Crippen molar-refractivity contribution in [2.45, 2.75) is 48.5 Å². The van der Waals surface area contributed by atoms with Gasteiger partial charge in [-0.15, -0.1) is 0 Å². The molecule has 158 valence electrons. The summed E-state index contributed by atoms with van der Waals surface area (Å²) in [5, 5.41) is 0.741. The van der Waals surface area contributed by atoms with Crippen molar-refractivity contribution in [1.82, 2.24) is 4.98 Å². The summed E-state index contributed by atoms with van der Waals surface area (Å²) < 4.78 is 0. The van der Waals surface area contributed by atoms with Gasteiger partial charge in [0.25, 0.3) is 0 Å². The molecule has 0 aliphatic rings. The lowest BCUT2D eigenvalue weighted by Crippen LogP contribution is -1.94. The van der Waals surface area contributed by atoms with E-state index in [0.29, 0.717) is 0 Å². The molecule has 3 aromatic rings. The van der Waals surface area contributed by atoms with E-state index in [2.05, 4.69) is 50.3 Å². The minimum Gasteiger partial charge on any atom is -0.248 e. The number of hydrogen-bond donors (Lipinski definition) is 0. The van der Waals surface area contributed by atoms with E-state index in [1.807, 2.05) is 77.1 Å². The number of nitrogens with zero attached hydrogens (tertiary/aromatic N) is 1. The number of hydrogen-bond acceptors (Lipinski definition) is 1. The van der Waals surface area contributed by atoms with Crippen LogP contribution in [0.3, 0.4) is 0 Å². The van der Waals surface area contributed by atoms with Crippen LogP contribution >= 0.6 is 11.6 Å². The predicted molar refractivity (Wildman–Crippen MR) is 136 cm³/mol. The third kappa shape index (κ3) is 7.31. The Balaban J connectivity index is 0.00000106. The van der Waals surface area contributed by atoms with E-state index < -0.39 is 0 Å². The largest absolute Gasteiger partial charge is 0.248 e. The van der Waals surface area contributed by atoms with Gasteiger partial charge >= 0.3 is 0 Å². The lowest BCUT2D eigenvalue weighted by molar-refractivity contribution is 1.27. The Morgan fingerprint density at radius 1 is 0.767 bits per heavy atom. The third-order valence-electron chi connectivity index (χ3n) is 4.12. The zero-order valence-electron chi connectivity index (χ0n) is 19.3. The molecule has 3 rings (SSSR count). The number of rotatable bonds is 4. The van der Waals surface area contributed by atoms with Crippen LogP contribution in [0, 0.1) is 0 Å². The normalized spacial score (nSPS) is 10.2. The van der Waals surface area contributed by atoms with Crippen LogP contribution in [-0.4, -0.2) is 4.98 Å². The van der Waals surface area contributed by atoms with Crippen molar-refractivity contribution >= 4 is 17.2 Å². The summed E-state index contributed by atoms with van der Waals surface area (Å²) in [6.45, 7) is 14.3. The van der Waals surface area contributed by atoms with E-state index in [-0.39, 0.29) is 0 Å². The molecule has 0 saturated heterocycles. The highest BCUT2D eigenvalue weighted by Gasteiger charge is 2.09. The van der Waals surface area contributed by atoms with Gasteiger partial charge in [0.2, 0.25) is 0 Å². The Labute approximate surface area is 188 Å². The van der Waals surface area contributed by atoms with Crippen LogP contribution in [-0.2, 0) is 0 Å². The number of aromatic nitrogens is 1. The number of halogens is 1. The van der Waals surface area contributed by atoms with E-state index in [9.17, 15) is 0 Å². The van der Waals surface area contributed by atoms with Crippen LogP contribution in [0.2, 0.25) is 5.02 Å². The predicted octanol–water partition coefficient (Wildman–Crippen LogP) is 9.49. The Morgan fingerprint density at radius 3 is 1.90 bits per heavy atom. The van der Waals surface area contributed by atoms with E-state index in [1.165, 1.54) is 5.57 Å². The summed E-state index contributed by atoms with van der Waals surface area (Å²) in [5.41, 5.74) is 7.68. The Kier molecular flexibility index (Phi) is 11.5. The van der Waals surface area contributed by atoms with Gasteiger partial charge < -0.3 is 0 Å². The molecule has 0 fully saturated rings. The van der Waals surface area contributed by atoms with Crippen molar-refractivity contribution in [2.24, 2.45) is 0 Å². The molecule has 1 aromatic heterocycles. The summed E-state index contributed by atoms with van der Waals surface area (Å²) >= 11 is 6.06. The second kappa shape index (κ2) is 13.6. The zero-order chi connectivity index (χ0) is 22.5. The Hall–Kier alpha value is -2.64. The van der Waals surface area contributed by atoms with Gasteiger partial charge in [0.15, 0.2) is 0 Å². The fraction of sp³-hybridized carbons (Fsp3) is 0.250. The summed E-state index contributed by atoms with van der Waals surface area (Å²) in [4.78, 5) is 4.93. The molecule has 2 aromatic carbocycles. The van der Waals surface area contributed by atoms with Crippen LogP contribution in [0.1, 0.15) is 54.2 Å². The van der Waals surface area contributed by atoms with Gasteiger partial charge in [0.1, 0.15) is 0 Å². The van der Waals surface area contributed by atoms with Gasteiger partial charge in [-0.2, -0.15) is 0 Å². The minimum absolute atomic E-state index is 0.741. The summed E-state index contributed by atoms with van der Waals surface area (Å²) in [6.07, 6.45) is 4.28. The van der Waals surface area contributed by atoms with Crippen LogP contribution < -0.4 is 0 Å². The molecule has 2 heteroatoms. The monoisotopic (exact) mass is 419 g/mol. The van der Waals surface area contributed by atoms with Crippen LogP contribution in [0.15, 0.2) is 84.5 Å². The Bertz CT molecular complexity index is 948. The van der Waals surface area contributed by atoms with Gasteiger partial charge in [0, 0.05) is 10.6 Å². The second-order valence-corrected chi connectivity index (χ2v) is 6.90. The number of benzene rings is 2. The molecule has 1 heterocycles. The first kappa shape index (κ1) is 25.4. The number of allylic oxidation sites excluding steroid dienone is 4. The van der Waals surface area contributed by atoms with E-state index >= 15 is 0 Å². The first-order valence-electron chi connectivity index (χ1n) is 10.7. The standard InChI is InChI=1S/C24H22ClN.2C2H6/c1-4-18(14-17(2)3)23-15-21(19-10-12-22(25)13-11-19)16-24(26-23)20-8-6-5-7-9-20;2*1-2/h4-16H,1-3H3;2*1-2H3/b18-4+;;. The minimum atomic E-state index is 0.741. The quantitative estimate of drug-likeness (QED) is 0.383. The molecular formula is C28H34ClN. The van der Waals surface area contributed by atoms with E-state index in [0.717, 1.165) is 38.7 Å². The molecule has 0 aliphatic carbocycles. The molecule has 1 nitrogen and oxygen atoms in total. The Morgan fingerprint density at radius 2 is 1.37 bits per heavy atom. The lowest BCUT2D eigenvalue weighted by atomic mass is 9.99. The molecule has 0 atom stereocenters. The highest BCUT2D eigenvalue weighted by molar-refractivity contribution is 6.30. The van der Waals surface area contributed by atoms with Gasteiger partial charge in [-0.25, -0.2) is 4.98 Å². The number of pyridine rings is 1. The fourth-order valence-corrected chi connectivity index (χ4v) is 2.99. The molecular weight excluding hydrogens is 386 g/mol. The summed E-state index contributed by atoms with van der Waals surface area (Å²) in [5.74, 6) is 0. The average Bonchev–Trinajstić information content (AvgIpc) is 2.80. The van der Waals surface area contributed by atoms with Crippen molar-refractivity contribution in [3.8, 4) is 22.4 Å². The van der Waals surface area contributed by atoms with Crippen molar-refractivity contribution in [3.63, 3.8) is 0 Å². The van der Waals surface area contributed by atoms with Crippen LogP contribution in [0.5, 0.6) is 0 Å². The first-order valence-corrected chi connectivity index (χ1v) is 11.1. The maximum atomic E-state index is 6.06. The maximum absolute atomic E-state index is 6.06. The molecule has 0 radical (unpaired) electrons. The molecule has 0 N–H and O–H groups in total. The van der Waals surface area contributed by atoms with Crippen molar-refractivity contribution < 1.29 is 0 Å². The third-order valence-corrected chi connectivity index (χ3v) is 4.38. The molecule has 30 heavy (non-hydrogen) atoms. The van der Waals surface area contributed by atoms with Crippen LogP contribution in [0.4, 0.5) is 0 Å². The molecule has 0 aliphatic heterocycles. The van der Waals surface area contributed by atoms with Crippen molar-refractivity contribution in [1.29, 1.82) is 0 Å². The molecule has 0 unspecified atom stereocenters. The second-order valence-electron chi connectivity index (χ2n) is 6.46. The SMILES string of the molecule is C/C=C(\C=C(C)C)c1cc(-c2ccc(Cl)cc2)cc(-c2ccccc2)n1.CC.CC. The molecule has 0 bridgehead atoms. The topological polar surface area (TPSA) is 12.9 Å². The molecule has 0 saturated carbocycles. The van der Waals surface area contributed by atoms with Gasteiger partial charge in [-0.3, -0.25) is 0 Å². The van der Waals surface area contributed by atoms with Crippen molar-refractivity contribution in [3.05, 3.63) is 95.2 Å². The molecule has 0 amide bonds. The van der Waals surface area contributed by atoms with Crippen molar-refractivity contribution in [2.75, 3.05) is 0 Å². The highest BCUT2D eigenvalue weighted by Crippen LogP contribution is 2.29. The van der Waals surface area contributed by atoms with Crippen LogP contribution in [0.25, 0.3) is 28.0 Å². The smallest absolute Gasteiger partial charge is 0.0715 e. The molecule has 0 spiro atoms. The maximum Gasteiger partial charge on any atom is 0.0715 e. The van der Waals surface area contributed by atoms with Gasteiger partial charge in [0.05, 0.1) is 11.4 Å². The zero-order valence-corrected chi connectivity index (χ0v) is 20.1.